The zero-order valence-corrected chi connectivity index (χ0v) is 9.40. The Hall–Kier alpha value is -1.10. The molecule has 1 heterocycles. The topological polar surface area (TPSA) is 51.2 Å². The Bertz CT molecular complexity index is 303. The lowest BCUT2D eigenvalue weighted by Gasteiger charge is -2.01. The van der Waals surface area contributed by atoms with Crippen LogP contribution in [0.2, 0.25) is 0 Å². The molecule has 1 aromatic rings. The number of nitrogens with zero attached hydrogens (tertiary/aromatic N) is 1. The lowest BCUT2D eigenvalue weighted by atomic mass is 10.4. The number of alkyl carbamates (subject to hydrolysis) is 1. The highest BCUT2D eigenvalue weighted by Crippen LogP contribution is 2.15. The molecule has 1 aromatic heterocycles. The number of aromatic nitrogens is 1. The zero-order chi connectivity index (χ0) is 10.6. The predicted octanol–water partition coefficient (Wildman–Crippen LogP) is 2.01. The predicted molar refractivity (Wildman–Crippen MR) is 55.4 cm³/mol. The summed E-state index contributed by atoms with van der Waals surface area (Å²) in [5, 5.41) is 3.54. The van der Waals surface area contributed by atoms with E-state index in [-0.39, 0.29) is 0 Å². The lowest BCUT2D eigenvalue weighted by Crippen LogP contribution is -2.23. The number of carbonyl (C=O) groups excluding carboxylic acids is 1. The highest BCUT2D eigenvalue weighted by atomic mass is 32.1. The largest absolute Gasteiger partial charge is 0.450 e. The summed E-state index contributed by atoms with van der Waals surface area (Å²) in [5.74, 6) is 0. The Morgan fingerprint density at radius 2 is 2.29 bits per heavy atom. The molecule has 0 fully saturated rings. The van der Waals surface area contributed by atoms with Crippen molar-refractivity contribution in [2.24, 2.45) is 0 Å². The van der Waals surface area contributed by atoms with Crippen molar-refractivity contribution in [3.8, 4) is 0 Å². The Morgan fingerprint density at radius 1 is 1.57 bits per heavy atom. The van der Waals surface area contributed by atoms with Gasteiger partial charge in [0.15, 0.2) is 0 Å². The molecule has 0 saturated heterocycles. The third-order valence-electron chi connectivity index (χ3n) is 1.73. The minimum Gasteiger partial charge on any atom is -0.450 e. The molecule has 0 aliphatic rings. The fourth-order valence-corrected chi connectivity index (χ4v) is 1.82. The lowest BCUT2D eigenvalue weighted by molar-refractivity contribution is 0.151. The van der Waals surface area contributed by atoms with Crippen molar-refractivity contribution in [2.75, 3.05) is 6.61 Å². The van der Waals surface area contributed by atoms with E-state index in [4.69, 9.17) is 4.74 Å². The SMILES string of the molecule is CCOC(=O)NCc1nc(C)c(C)s1. The van der Waals surface area contributed by atoms with E-state index in [1.807, 2.05) is 13.8 Å². The zero-order valence-electron chi connectivity index (χ0n) is 8.59. The van der Waals surface area contributed by atoms with E-state index >= 15 is 0 Å². The van der Waals surface area contributed by atoms with Gasteiger partial charge in [0.2, 0.25) is 0 Å². The van der Waals surface area contributed by atoms with E-state index in [0.717, 1.165) is 10.7 Å². The number of hydrogen-bond acceptors (Lipinski definition) is 4. The fourth-order valence-electron chi connectivity index (χ4n) is 0.945. The van der Waals surface area contributed by atoms with E-state index < -0.39 is 6.09 Å². The van der Waals surface area contributed by atoms with Gasteiger partial charge in [0.1, 0.15) is 5.01 Å². The Labute approximate surface area is 87.3 Å². The van der Waals surface area contributed by atoms with Crippen molar-refractivity contribution in [1.29, 1.82) is 0 Å². The molecular formula is C9H14N2O2S. The highest BCUT2D eigenvalue weighted by Gasteiger charge is 2.05. The summed E-state index contributed by atoms with van der Waals surface area (Å²) in [6.07, 6.45) is -0.391. The average Bonchev–Trinajstić information content (AvgIpc) is 2.44. The molecule has 1 N–H and O–H groups in total. The number of thiazole rings is 1. The van der Waals surface area contributed by atoms with Crippen molar-refractivity contribution in [3.05, 3.63) is 15.6 Å². The number of hydrogen-bond donors (Lipinski definition) is 1. The molecule has 0 spiro atoms. The Morgan fingerprint density at radius 3 is 2.79 bits per heavy atom. The molecule has 5 heteroatoms. The Kier molecular flexibility index (Phi) is 3.88. The quantitative estimate of drug-likeness (QED) is 0.837. The minimum atomic E-state index is -0.391. The number of carbonyl (C=O) groups is 1. The van der Waals surface area contributed by atoms with E-state index in [1.54, 1.807) is 18.3 Å². The van der Waals surface area contributed by atoms with E-state index in [2.05, 4.69) is 10.3 Å². The van der Waals surface area contributed by atoms with Crippen LogP contribution in [0.25, 0.3) is 0 Å². The van der Waals surface area contributed by atoms with Gasteiger partial charge in [-0.2, -0.15) is 0 Å². The van der Waals surface area contributed by atoms with Gasteiger partial charge in [0.05, 0.1) is 18.8 Å². The van der Waals surface area contributed by atoms with Gasteiger partial charge >= 0.3 is 6.09 Å². The molecule has 0 bridgehead atoms. The van der Waals surface area contributed by atoms with Crippen LogP contribution in [-0.2, 0) is 11.3 Å². The van der Waals surface area contributed by atoms with Gasteiger partial charge in [-0.05, 0) is 20.8 Å². The van der Waals surface area contributed by atoms with Gasteiger partial charge in [-0.1, -0.05) is 0 Å². The van der Waals surface area contributed by atoms with Crippen LogP contribution in [0.15, 0.2) is 0 Å². The van der Waals surface area contributed by atoms with Crippen molar-refractivity contribution in [2.45, 2.75) is 27.3 Å². The number of aryl methyl sites for hydroxylation is 2. The molecule has 78 valence electrons. The second-order valence-corrected chi connectivity index (χ2v) is 4.11. The third-order valence-corrected chi connectivity index (χ3v) is 2.81. The molecule has 0 aliphatic carbocycles. The number of nitrogens with one attached hydrogen (secondary N) is 1. The summed E-state index contributed by atoms with van der Waals surface area (Å²) < 4.78 is 4.73. The maximum Gasteiger partial charge on any atom is 0.407 e. The van der Waals surface area contributed by atoms with Crippen molar-refractivity contribution >= 4 is 17.4 Å². The van der Waals surface area contributed by atoms with Crippen molar-refractivity contribution < 1.29 is 9.53 Å². The summed E-state index contributed by atoms with van der Waals surface area (Å²) in [6.45, 7) is 6.58. The second kappa shape index (κ2) is 4.95. The number of amides is 1. The smallest absolute Gasteiger partial charge is 0.407 e. The average molecular weight is 214 g/mol. The van der Waals surface area contributed by atoms with Crippen LogP contribution in [0, 0.1) is 13.8 Å². The molecule has 14 heavy (non-hydrogen) atoms. The van der Waals surface area contributed by atoms with Gasteiger partial charge in [0.25, 0.3) is 0 Å². The van der Waals surface area contributed by atoms with Crippen LogP contribution in [0.5, 0.6) is 0 Å². The summed E-state index contributed by atoms with van der Waals surface area (Å²) in [6, 6.07) is 0. The maximum absolute atomic E-state index is 11.0. The van der Waals surface area contributed by atoms with E-state index in [0.29, 0.717) is 13.2 Å². The van der Waals surface area contributed by atoms with Crippen LogP contribution >= 0.6 is 11.3 Å². The summed E-state index contributed by atoms with van der Waals surface area (Å²) >= 11 is 1.59. The highest BCUT2D eigenvalue weighted by molar-refractivity contribution is 7.11. The molecule has 0 aliphatic heterocycles. The maximum atomic E-state index is 11.0. The van der Waals surface area contributed by atoms with Gasteiger partial charge in [-0.3, -0.25) is 0 Å². The molecule has 1 amide bonds. The molecule has 4 nitrogen and oxygen atoms in total. The number of rotatable bonds is 3. The van der Waals surface area contributed by atoms with E-state index in [9.17, 15) is 4.79 Å². The van der Waals surface area contributed by atoms with Crippen LogP contribution in [0.4, 0.5) is 4.79 Å². The van der Waals surface area contributed by atoms with E-state index in [1.165, 1.54) is 4.88 Å². The first-order chi connectivity index (χ1) is 6.63. The monoisotopic (exact) mass is 214 g/mol. The first-order valence-electron chi connectivity index (χ1n) is 4.47. The van der Waals surface area contributed by atoms with Crippen molar-refractivity contribution in [3.63, 3.8) is 0 Å². The molecule has 0 aromatic carbocycles. The molecule has 0 unspecified atom stereocenters. The van der Waals surface area contributed by atoms with Crippen LogP contribution in [0.1, 0.15) is 22.5 Å². The van der Waals surface area contributed by atoms with Crippen LogP contribution in [-0.4, -0.2) is 17.7 Å². The van der Waals surface area contributed by atoms with Gasteiger partial charge in [-0.25, -0.2) is 9.78 Å². The van der Waals surface area contributed by atoms with Crippen LogP contribution in [0.3, 0.4) is 0 Å². The van der Waals surface area contributed by atoms with Crippen LogP contribution < -0.4 is 5.32 Å². The second-order valence-electron chi connectivity index (χ2n) is 2.82. The first kappa shape index (κ1) is 11.0. The summed E-state index contributed by atoms with van der Waals surface area (Å²) in [7, 11) is 0. The molecule has 0 saturated carbocycles. The standard InChI is InChI=1S/C9H14N2O2S/c1-4-13-9(12)10-5-8-11-6(2)7(3)14-8/h4-5H2,1-3H3,(H,10,12). The summed E-state index contributed by atoms with van der Waals surface area (Å²) in [5.41, 5.74) is 1.02. The van der Waals surface area contributed by atoms with Crippen molar-refractivity contribution in [1.82, 2.24) is 10.3 Å². The normalized spacial score (nSPS) is 9.93. The fraction of sp³-hybridized carbons (Fsp3) is 0.556. The Balaban J connectivity index is 2.42. The molecule has 1 rings (SSSR count). The molecule has 0 radical (unpaired) electrons. The molecular weight excluding hydrogens is 200 g/mol. The first-order valence-corrected chi connectivity index (χ1v) is 5.28. The van der Waals surface area contributed by atoms with Gasteiger partial charge in [-0.15, -0.1) is 11.3 Å². The van der Waals surface area contributed by atoms with Gasteiger partial charge < -0.3 is 10.1 Å². The minimum absolute atomic E-state index is 0.391. The summed E-state index contributed by atoms with van der Waals surface area (Å²) in [4.78, 5) is 16.4. The molecule has 0 atom stereocenters. The number of ether oxygens (including phenoxy) is 1. The van der Waals surface area contributed by atoms with Gasteiger partial charge in [0, 0.05) is 4.88 Å². The third kappa shape index (κ3) is 2.99.